The maximum atomic E-state index is 11.7. The SMILES string of the molecule is CCONC(=O)Cn1c(-c2ccc(C)cc2)n[nH]c1=S. The van der Waals surface area contributed by atoms with Gasteiger partial charge >= 0.3 is 0 Å². The Balaban J connectivity index is 2.25. The van der Waals surface area contributed by atoms with Gasteiger partial charge in [-0.25, -0.2) is 5.48 Å². The van der Waals surface area contributed by atoms with Gasteiger partial charge in [-0.15, -0.1) is 0 Å². The van der Waals surface area contributed by atoms with E-state index in [0.29, 0.717) is 17.2 Å². The monoisotopic (exact) mass is 292 g/mol. The molecule has 0 spiro atoms. The first-order valence-corrected chi connectivity index (χ1v) is 6.65. The van der Waals surface area contributed by atoms with Crippen molar-refractivity contribution in [2.75, 3.05) is 6.61 Å². The second-order valence-electron chi connectivity index (χ2n) is 4.26. The number of hydrogen-bond acceptors (Lipinski definition) is 4. The molecule has 2 N–H and O–H groups in total. The van der Waals surface area contributed by atoms with E-state index in [4.69, 9.17) is 17.1 Å². The molecule has 1 aromatic carbocycles. The molecule has 0 unspecified atom stereocenters. The minimum absolute atomic E-state index is 0.0541. The number of hydrogen-bond donors (Lipinski definition) is 2. The average molecular weight is 292 g/mol. The van der Waals surface area contributed by atoms with Crippen LogP contribution < -0.4 is 5.48 Å². The van der Waals surface area contributed by atoms with Crippen molar-refractivity contribution in [2.45, 2.75) is 20.4 Å². The molecule has 0 saturated heterocycles. The molecule has 106 valence electrons. The molecule has 1 heterocycles. The number of aromatic amines is 1. The Bertz CT molecular complexity index is 645. The molecule has 2 rings (SSSR count). The first-order chi connectivity index (χ1) is 9.61. The second-order valence-corrected chi connectivity index (χ2v) is 4.65. The van der Waals surface area contributed by atoms with E-state index in [2.05, 4.69) is 15.7 Å². The molecule has 1 aromatic heterocycles. The smallest absolute Gasteiger partial charge is 0.263 e. The Kier molecular flexibility index (Phi) is 4.65. The fourth-order valence-electron chi connectivity index (χ4n) is 1.72. The van der Waals surface area contributed by atoms with Gasteiger partial charge in [-0.05, 0) is 26.1 Å². The van der Waals surface area contributed by atoms with Gasteiger partial charge in [0.15, 0.2) is 10.6 Å². The van der Waals surface area contributed by atoms with Gasteiger partial charge < -0.3 is 0 Å². The summed E-state index contributed by atoms with van der Waals surface area (Å²) < 4.78 is 2.03. The van der Waals surface area contributed by atoms with Crippen molar-refractivity contribution < 1.29 is 9.63 Å². The third-order valence-electron chi connectivity index (χ3n) is 2.70. The zero-order chi connectivity index (χ0) is 14.5. The van der Waals surface area contributed by atoms with Gasteiger partial charge in [0.1, 0.15) is 6.54 Å². The lowest BCUT2D eigenvalue weighted by atomic mass is 10.1. The molecule has 0 aliphatic rings. The van der Waals surface area contributed by atoms with Crippen LogP contribution in [0.2, 0.25) is 0 Å². The summed E-state index contributed by atoms with van der Waals surface area (Å²) in [5, 5.41) is 6.88. The van der Waals surface area contributed by atoms with E-state index in [1.54, 1.807) is 11.5 Å². The van der Waals surface area contributed by atoms with Gasteiger partial charge in [0.05, 0.1) is 6.61 Å². The fourth-order valence-corrected chi connectivity index (χ4v) is 1.91. The highest BCUT2D eigenvalue weighted by Crippen LogP contribution is 2.17. The Morgan fingerprint density at radius 2 is 2.15 bits per heavy atom. The minimum Gasteiger partial charge on any atom is -0.291 e. The molecule has 1 amide bonds. The fraction of sp³-hybridized carbons (Fsp3) is 0.308. The third-order valence-corrected chi connectivity index (χ3v) is 3.01. The summed E-state index contributed by atoms with van der Waals surface area (Å²) in [5.74, 6) is 0.347. The van der Waals surface area contributed by atoms with Gasteiger partial charge in [-0.2, -0.15) is 5.10 Å². The largest absolute Gasteiger partial charge is 0.291 e. The van der Waals surface area contributed by atoms with Crippen LogP contribution in [0.5, 0.6) is 0 Å². The van der Waals surface area contributed by atoms with Crippen LogP contribution in [0.15, 0.2) is 24.3 Å². The summed E-state index contributed by atoms with van der Waals surface area (Å²) in [6.07, 6.45) is 0. The first-order valence-electron chi connectivity index (χ1n) is 6.24. The molecule has 20 heavy (non-hydrogen) atoms. The predicted molar refractivity (Wildman–Crippen MR) is 77.4 cm³/mol. The Morgan fingerprint density at radius 3 is 2.80 bits per heavy atom. The summed E-state index contributed by atoms with van der Waals surface area (Å²) in [6, 6.07) is 7.85. The number of nitrogens with zero attached hydrogens (tertiary/aromatic N) is 2. The van der Waals surface area contributed by atoms with Crippen LogP contribution in [0.3, 0.4) is 0 Å². The minimum atomic E-state index is -0.280. The quantitative estimate of drug-likeness (QED) is 0.653. The van der Waals surface area contributed by atoms with Crippen molar-refractivity contribution >= 4 is 18.1 Å². The summed E-state index contributed by atoms with van der Waals surface area (Å²) in [4.78, 5) is 16.6. The zero-order valence-corrected chi connectivity index (χ0v) is 12.2. The Morgan fingerprint density at radius 1 is 1.45 bits per heavy atom. The van der Waals surface area contributed by atoms with Crippen LogP contribution >= 0.6 is 12.2 Å². The Labute approximate surface area is 121 Å². The summed E-state index contributed by atoms with van der Waals surface area (Å²) in [7, 11) is 0. The van der Waals surface area contributed by atoms with Crippen molar-refractivity contribution in [1.29, 1.82) is 0 Å². The van der Waals surface area contributed by atoms with Crippen LogP contribution in [0.4, 0.5) is 0 Å². The van der Waals surface area contributed by atoms with Crippen LogP contribution in [0.1, 0.15) is 12.5 Å². The van der Waals surface area contributed by atoms with Gasteiger partial charge in [-0.1, -0.05) is 29.8 Å². The molecule has 0 aliphatic carbocycles. The number of nitrogens with one attached hydrogen (secondary N) is 2. The summed E-state index contributed by atoms with van der Waals surface area (Å²) in [6.45, 7) is 4.27. The summed E-state index contributed by atoms with van der Waals surface area (Å²) in [5.41, 5.74) is 4.39. The Hall–Kier alpha value is -1.99. The lowest BCUT2D eigenvalue weighted by molar-refractivity contribution is -0.133. The van der Waals surface area contributed by atoms with Gasteiger partial charge in [0.2, 0.25) is 0 Å². The van der Waals surface area contributed by atoms with E-state index < -0.39 is 0 Å². The van der Waals surface area contributed by atoms with E-state index in [-0.39, 0.29) is 12.5 Å². The summed E-state index contributed by atoms with van der Waals surface area (Å²) >= 11 is 5.15. The van der Waals surface area contributed by atoms with Gasteiger partial charge in [0.25, 0.3) is 5.91 Å². The molecule has 2 aromatic rings. The number of aromatic nitrogens is 3. The molecule has 0 atom stereocenters. The first kappa shape index (κ1) is 14.4. The average Bonchev–Trinajstić information content (AvgIpc) is 2.79. The van der Waals surface area contributed by atoms with Crippen molar-refractivity contribution in [3.8, 4) is 11.4 Å². The van der Waals surface area contributed by atoms with Crippen LogP contribution in [-0.4, -0.2) is 27.3 Å². The molecule has 0 fully saturated rings. The van der Waals surface area contributed by atoms with Crippen molar-refractivity contribution in [1.82, 2.24) is 20.2 Å². The van der Waals surface area contributed by atoms with E-state index in [1.165, 1.54) is 0 Å². The topological polar surface area (TPSA) is 71.9 Å². The lowest BCUT2D eigenvalue weighted by Crippen LogP contribution is -2.28. The van der Waals surface area contributed by atoms with Crippen LogP contribution in [0, 0.1) is 11.7 Å². The highest BCUT2D eigenvalue weighted by Gasteiger charge is 2.12. The number of carbonyl (C=O) groups is 1. The molecular weight excluding hydrogens is 276 g/mol. The molecule has 0 saturated carbocycles. The normalized spacial score (nSPS) is 10.5. The second kappa shape index (κ2) is 6.44. The highest BCUT2D eigenvalue weighted by atomic mass is 32.1. The number of amides is 1. The molecule has 0 radical (unpaired) electrons. The van der Waals surface area contributed by atoms with E-state index in [9.17, 15) is 4.79 Å². The zero-order valence-electron chi connectivity index (χ0n) is 11.3. The standard InChI is InChI=1S/C13H16N4O2S/c1-3-19-16-11(18)8-17-12(14-15-13(17)20)10-6-4-9(2)5-7-10/h4-7H,3,8H2,1-2H3,(H,15,20)(H,16,18). The van der Waals surface area contributed by atoms with Crippen LogP contribution in [0.25, 0.3) is 11.4 Å². The molecule has 0 bridgehead atoms. The van der Waals surface area contributed by atoms with E-state index in [1.807, 2.05) is 31.2 Å². The maximum absolute atomic E-state index is 11.7. The van der Waals surface area contributed by atoms with Gasteiger partial charge in [-0.3, -0.25) is 19.3 Å². The van der Waals surface area contributed by atoms with E-state index >= 15 is 0 Å². The molecular formula is C13H16N4O2S. The number of carbonyl (C=O) groups excluding carboxylic acids is 1. The lowest BCUT2D eigenvalue weighted by Gasteiger charge is -2.07. The van der Waals surface area contributed by atoms with Crippen molar-refractivity contribution in [2.24, 2.45) is 0 Å². The number of hydroxylamine groups is 1. The van der Waals surface area contributed by atoms with Crippen LogP contribution in [-0.2, 0) is 16.2 Å². The third kappa shape index (κ3) is 3.31. The molecule has 6 nitrogen and oxygen atoms in total. The molecule has 7 heteroatoms. The number of benzene rings is 1. The highest BCUT2D eigenvalue weighted by molar-refractivity contribution is 7.71. The predicted octanol–water partition coefficient (Wildman–Crippen LogP) is 1.98. The molecule has 0 aliphatic heterocycles. The van der Waals surface area contributed by atoms with Gasteiger partial charge in [0, 0.05) is 5.56 Å². The van der Waals surface area contributed by atoms with E-state index in [0.717, 1.165) is 11.1 Å². The number of aryl methyl sites for hydroxylation is 1. The van der Waals surface area contributed by atoms with Crippen molar-refractivity contribution in [3.63, 3.8) is 0 Å². The number of rotatable bonds is 5. The van der Waals surface area contributed by atoms with Crippen molar-refractivity contribution in [3.05, 3.63) is 34.6 Å². The number of H-pyrrole nitrogens is 1. The maximum Gasteiger partial charge on any atom is 0.263 e.